The predicted octanol–water partition coefficient (Wildman–Crippen LogP) is 4.19. The van der Waals surface area contributed by atoms with Crippen molar-refractivity contribution in [3.63, 3.8) is 0 Å². The van der Waals surface area contributed by atoms with Crippen LogP contribution in [0, 0.1) is 13.8 Å². The molecule has 3 rings (SSSR count). The zero-order valence-corrected chi connectivity index (χ0v) is 16.7. The number of ether oxygens (including phenoxy) is 2. The first-order valence-corrected chi connectivity index (χ1v) is 9.19. The summed E-state index contributed by atoms with van der Waals surface area (Å²) in [6.07, 6.45) is 4.50. The first-order valence-electron chi connectivity index (χ1n) is 9.19. The number of benzene rings is 1. The number of rotatable bonds is 8. The second-order valence-electron chi connectivity index (χ2n) is 6.56. The van der Waals surface area contributed by atoms with E-state index in [0.717, 1.165) is 22.7 Å². The monoisotopic (exact) mass is 393 g/mol. The summed E-state index contributed by atoms with van der Waals surface area (Å²) in [5.41, 5.74) is 3.03. The minimum atomic E-state index is -0.589. The van der Waals surface area contributed by atoms with Crippen molar-refractivity contribution < 1.29 is 23.5 Å². The molecule has 0 saturated carbocycles. The molecule has 2 aromatic heterocycles. The Bertz CT molecular complexity index is 1030. The summed E-state index contributed by atoms with van der Waals surface area (Å²) in [5.74, 6) is 0.617. The van der Waals surface area contributed by atoms with E-state index in [0.29, 0.717) is 17.9 Å². The van der Waals surface area contributed by atoms with Gasteiger partial charge in [-0.05, 0) is 44.2 Å². The Kier molecular flexibility index (Phi) is 6.34. The van der Waals surface area contributed by atoms with Crippen LogP contribution in [0.2, 0.25) is 0 Å². The third-order valence-electron chi connectivity index (χ3n) is 4.65. The van der Waals surface area contributed by atoms with E-state index in [4.69, 9.17) is 13.9 Å². The Morgan fingerprint density at radius 1 is 1.14 bits per heavy atom. The zero-order valence-electron chi connectivity index (χ0n) is 16.7. The quantitative estimate of drug-likeness (QED) is 0.326. The molecule has 0 bridgehead atoms. The molecular weight excluding hydrogens is 370 g/mol. The van der Waals surface area contributed by atoms with Gasteiger partial charge in [0, 0.05) is 28.6 Å². The minimum Gasteiger partial charge on any atom is -0.496 e. The van der Waals surface area contributed by atoms with Crippen LogP contribution in [0.3, 0.4) is 0 Å². The molecule has 150 valence electrons. The molecule has 6 nitrogen and oxygen atoms in total. The summed E-state index contributed by atoms with van der Waals surface area (Å²) >= 11 is 0. The highest BCUT2D eigenvalue weighted by Gasteiger charge is 2.17. The second-order valence-corrected chi connectivity index (χ2v) is 6.56. The average Bonchev–Trinajstić information content (AvgIpc) is 3.34. The van der Waals surface area contributed by atoms with Crippen LogP contribution in [-0.4, -0.2) is 30.0 Å². The Morgan fingerprint density at radius 2 is 1.93 bits per heavy atom. The predicted molar refractivity (Wildman–Crippen MR) is 109 cm³/mol. The van der Waals surface area contributed by atoms with E-state index in [2.05, 4.69) is 0 Å². The number of furan rings is 1. The van der Waals surface area contributed by atoms with Crippen LogP contribution in [0.25, 0.3) is 6.08 Å². The van der Waals surface area contributed by atoms with Gasteiger partial charge in [-0.2, -0.15) is 0 Å². The molecule has 0 aliphatic rings. The molecule has 0 N–H and O–H groups in total. The molecule has 0 fully saturated rings. The molecule has 6 heteroatoms. The topological polar surface area (TPSA) is 70.7 Å². The molecular formula is C23H23NO5. The number of Topliss-reactive ketones (excluding diaryl/α,β-unsaturated/α-hetero) is 1. The molecule has 0 atom stereocenters. The summed E-state index contributed by atoms with van der Waals surface area (Å²) in [7, 11) is 1.56. The normalized spacial score (nSPS) is 11.0. The summed E-state index contributed by atoms with van der Waals surface area (Å²) < 4.78 is 17.7. The second kappa shape index (κ2) is 9.10. The van der Waals surface area contributed by atoms with E-state index in [1.165, 1.54) is 6.08 Å². The standard InChI is InChI=1S/C23H23NO5/c1-16-13-20(17(2)24(16)14-19-8-6-12-28-19)21(25)15-29-23(26)11-10-18-7-4-5-9-22(18)27-3/h4-13H,14-15H2,1-3H3/b11-10+. The zero-order chi connectivity index (χ0) is 20.8. The maximum Gasteiger partial charge on any atom is 0.331 e. The molecule has 0 saturated heterocycles. The number of aromatic nitrogens is 1. The Morgan fingerprint density at radius 3 is 2.66 bits per heavy atom. The number of hydrogen-bond donors (Lipinski definition) is 0. The lowest BCUT2D eigenvalue weighted by Crippen LogP contribution is -2.13. The number of nitrogens with zero attached hydrogens (tertiary/aromatic N) is 1. The molecule has 1 aromatic carbocycles. The summed E-state index contributed by atoms with van der Waals surface area (Å²) in [5, 5.41) is 0. The number of ketones is 1. The first kappa shape index (κ1) is 20.2. The van der Waals surface area contributed by atoms with Crippen LogP contribution in [0.4, 0.5) is 0 Å². The van der Waals surface area contributed by atoms with Crippen LogP contribution < -0.4 is 4.74 Å². The van der Waals surface area contributed by atoms with Gasteiger partial charge in [0.05, 0.1) is 19.9 Å². The Hall–Kier alpha value is -3.54. The Labute approximate surface area is 169 Å². The van der Waals surface area contributed by atoms with Crippen molar-refractivity contribution in [2.75, 3.05) is 13.7 Å². The van der Waals surface area contributed by atoms with E-state index in [1.54, 1.807) is 31.6 Å². The third kappa shape index (κ3) is 4.85. The van der Waals surface area contributed by atoms with Crippen molar-refractivity contribution in [2.45, 2.75) is 20.4 Å². The van der Waals surface area contributed by atoms with Crippen molar-refractivity contribution in [3.05, 3.63) is 83.1 Å². The van der Waals surface area contributed by atoms with E-state index in [-0.39, 0.29) is 12.4 Å². The molecule has 0 radical (unpaired) electrons. The van der Waals surface area contributed by atoms with Crippen LogP contribution in [-0.2, 0) is 16.1 Å². The van der Waals surface area contributed by atoms with Crippen molar-refractivity contribution in [3.8, 4) is 5.75 Å². The lowest BCUT2D eigenvalue weighted by Gasteiger charge is -2.08. The molecule has 0 spiro atoms. The van der Waals surface area contributed by atoms with Crippen LogP contribution in [0.5, 0.6) is 5.75 Å². The number of hydrogen-bond acceptors (Lipinski definition) is 5. The van der Waals surface area contributed by atoms with Gasteiger partial charge in [-0.25, -0.2) is 4.79 Å². The van der Waals surface area contributed by atoms with Gasteiger partial charge in [0.2, 0.25) is 5.78 Å². The number of para-hydroxylation sites is 1. The van der Waals surface area contributed by atoms with Gasteiger partial charge in [0.25, 0.3) is 0 Å². The highest BCUT2D eigenvalue weighted by Crippen LogP contribution is 2.19. The number of carbonyl (C=O) groups excluding carboxylic acids is 2. The summed E-state index contributed by atoms with van der Waals surface area (Å²) in [4.78, 5) is 24.6. The molecule has 2 heterocycles. The third-order valence-corrected chi connectivity index (χ3v) is 4.65. The lowest BCUT2D eigenvalue weighted by molar-refractivity contribution is -0.136. The summed E-state index contributed by atoms with van der Waals surface area (Å²) in [6, 6.07) is 12.8. The number of methoxy groups -OCH3 is 1. The van der Waals surface area contributed by atoms with E-state index >= 15 is 0 Å². The molecule has 0 amide bonds. The van der Waals surface area contributed by atoms with Gasteiger partial charge >= 0.3 is 5.97 Å². The fraction of sp³-hybridized carbons (Fsp3) is 0.217. The highest BCUT2D eigenvalue weighted by molar-refractivity contribution is 6.00. The van der Waals surface area contributed by atoms with Crippen molar-refractivity contribution in [1.29, 1.82) is 0 Å². The summed E-state index contributed by atoms with van der Waals surface area (Å²) in [6.45, 7) is 4.01. The Balaban J connectivity index is 1.62. The molecule has 3 aromatic rings. The lowest BCUT2D eigenvalue weighted by atomic mass is 10.1. The van der Waals surface area contributed by atoms with Gasteiger partial charge in [-0.1, -0.05) is 18.2 Å². The van der Waals surface area contributed by atoms with Crippen molar-refractivity contribution in [2.24, 2.45) is 0 Å². The van der Waals surface area contributed by atoms with E-state index < -0.39 is 5.97 Å². The van der Waals surface area contributed by atoms with E-state index in [9.17, 15) is 9.59 Å². The average molecular weight is 393 g/mol. The van der Waals surface area contributed by atoms with Gasteiger partial charge in [-0.15, -0.1) is 0 Å². The van der Waals surface area contributed by atoms with Crippen molar-refractivity contribution >= 4 is 17.8 Å². The van der Waals surface area contributed by atoms with Gasteiger partial charge in [0.15, 0.2) is 6.61 Å². The SMILES string of the molecule is COc1ccccc1/C=C/C(=O)OCC(=O)c1cc(C)n(Cc2ccco2)c1C. The largest absolute Gasteiger partial charge is 0.496 e. The molecule has 0 aliphatic carbocycles. The van der Waals surface area contributed by atoms with Crippen molar-refractivity contribution in [1.82, 2.24) is 4.57 Å². The van der Waals surface area contributed by atoms with Crippen LogP contribution in [0.1, 0.15) is 33.1 Å². The van der Waals surface area contributed by atoms with Gasteiger partial charge in [0.1, 0.15) is 11.5 Å². The van der Waals surface area contributed by atoms with Gasteiger partial charge < -0.3 is 18.5 Å². The molecule has 0 aliphatic heterocycles. The van der Waals surface area contributed by atoms with Gasteiger partial charge in [-0.3, -0.25) is 4.79 Å². The minimum absolute atomic E-state index is 0.247. The highest BCUT2D eigenvalue weighted by atomic mass is 16.5. The van der Waals surface area contributed by atoms with E-state index in [1.807, 2.05) is 48.7 Å². The maximum absolute atomic E-state index is 12.6. The number of esters is 1. The smallest absolute Gasteiger partial charge is 0.331 e. The fourth-order valence-corrected chi connectivity index (χ4v) is 3.11. The number of carbonyl (C=O) groups is 2. The maximum atomic E-state index is 12.6. The van der Waals surface area contributed by atoms with Crippen LogP contribution in [0.15, 0.2) is 59.2 Å². The molecule has 29 heavy (non-hydrogen) atoms. The molecule has 0 unspecified atom stereocenters. The number of aryl methyl sites for hydroxylation is 1. The fourth-order valence-electron chi connectivity index (χ4n) is 3.11. The van der Waals surface area contributed by atoms with Crippen LogP contribution >= 0.6 is 0 Å². The first-order chi connectivity index (χ1) is 14.0.